The van der Waals surface area contributed by atoms with E-state index >= 15 is 0 Å². The predicted octanol–water partition coefficient (Wildman–Crippen LogP) is 3.26. The molecule has 0 unspecified atom stereocenters. The highest BCUT2D eigenvalue weighted by Gasteiger charge is 2.20. The van der Waals surface area contributed by atoms with Crippen molar-refractivity contribution in [2.75, 3.05) is 17.2 Å². The third-order valence-corrected chi connectivity index (χ3v) is 3.76. The van der Waals surface area contributed by atoms with Crippen LogP contribution in [0.5, 0.6) is 0 Å². The second-order valence-corrected chi connectivity index (χ2v) is 5.03. The lowest BCUT2D eigenvalue weighted by atomic mass is 10.0. The number of rotatable bonds is 1. The Morgan fingerprint density at radius 2 is 1.88 bits per heavy atom. The largest absolute Gasteiger partial charge is 0.397 e. The summed E-state index contributed by atoms with van der Waals surface area (Å²) >= 11 is 0. The van der Waals surface area contributed by atoms with E-state index in [0.29, 0.717) is 6.04 Å². The Hall–Kier alpha value is -1.18. The molecule has 16 heavy (non-hydrogen) atoms. The van der Waals surface area contributed by atoms with Gasteiger partial charge in [0, 0.05) is 12.6 Å². The van der Waals surface area contributed by atoms with Gasteiger partial charge in [-0.1, -0.05) is 0 Å². The van der Waals surface area contributed by atoms with Crippen molar-refractivity contribution < 1.29 is 0 Å². The molecule has 2 N–H and O–H groups in total. The highest BCUT2D eigenvalue weighted by atomic mass is 15.2. The van der Waals surface area contributed by atoms with Gasteiger partial charge in [-0.25, -0.2) is 0 Å². The molecule has 1 atom stereocenters. The van der Waals surface area contributed by atoms with Crippen LogP contribution in [0.2, 0.25) is 0 Å². The highest BCUT2D eigenvalue weighted by Crippen LogP contribution is 2.31. The Labute approximate surface area is 98.4 Å². The molecule has 1 aromatic carbocycles. The first-order chi connectivity index (χ1) is 7.59. The molecule has 0 amide bonds. The second kappa shape index (κ2) is 4.36. The molecule has 1 saturated heterocycles. The third-order valence-electron chi connectivity index (χ3n) is 3.76. The van der Waals surface area contributed by atoms with E-state index in [4.69, 9.17) is 5.73 Å². The average Bonchev–Trinajstić information content (AvgIpc) is 2.25. The van der Waals surface area contributed by atoms with Crippen molar-refractivity contribution in [2.24, 2.45) is 0 Å². The van der Waals surface area contributed by atoms with Crippen LogP contribution in [0, 0.1) is 13.8 Å². The van der Waals surface area contributed by atoms with Crippen LogP contribution in [-0.4, -0.2) is 12.6 Å². The average molecular weight is 218 g/mol. The number of aryl methyl sites for hydroxylation is 2. The molecule has 0 bridgehead atoms. The van der Waals surface area contributed by atoms with Crippen LogP contribution in [0.15, 0.2) is 12.1 Å². The lowest BCUT2D eigenvalue weighted by Crippen LogP contribution is -2.37. The number of benzene rings is 1. The third kappa shape index (κ3) is 2.01. The number of nitrogen functional groups attached to an aromatic ring is 1. The van der Waals surface area contributed by atoms with Gasteiger partial charge in [-0.3, -0.25) is 0 Å². The van der Waals surface area contributed by atoms with Gasteiger partial charge in [0.2, 0.25) is 0 Å². The first-order valence-corrected chi connectivity index (χ1v) is 6.23. The molecule has 88 valence electrons. The molecule has 0 radical (unpaired) electrons. The molecule has 1 aromatic rings. The molecule has 2 nitrogen and oxygen atoms in total. The van der Waals surface area contributed by atoms with Crippen LogP contribution in [0.1, 0.15) is 37.3 Å². The Morgan fingerprint density at radius 3 is 2.56 bits per heavy atom. The van der Waals surface area contributed by atoms with Crippen LogP contribution >= 0.6 is 0 Å². The van der Waals surface area contributed by atoms with E-state index < -0.39 is 0 Å². The van der Waals surface area contributed by atoms with Gasteiger partial charge < -0.3 is 10.6 Å². The molecular weight excluding hydrogens is 196 g/mol. The van der Waals surface area contributed by atoms with E-state index in [-0.39, 0.29) is 0 Å². The van der Waals surface area contributed by atoms with Crippen molar-refractivity contribution in [3.8, 4) is 0 Å². The zero-order valence-corrected chi connectivity index (χ0v) is 10.6. The number of nitrogens with two attached hydrogens (primary N) is 1. The fourth-order valence-electron chi connectivity index (χ4n) is 2.53. The molecule has 1 heterocycles. The fraction of sp³-hybridized carbons (Fsp3) is 0.571. The summed E-state index contributed by atoms with van der Waals surface area (Å²) < 4.78 is 0. The molecule has 2 rings (SSSR count). The quantitative estimate of drug-likeness (QED) is 0.733. The summed E-state index contributed by atoms with van der Waals surface area (Å²) in [4.78, 5) is 2.46. The van der Waals surface area contributed by atoms with Crippen LogP contribution in [0.25, 0.3) is 0 Å². The Bertz CT molecular complexity index is 385. The summed E-state index contributed by atoms with van der Waals surface area (Å²) in [7, 11) is 0. The summed E-state index contributed by atoms with van der Waals surface area (Å²) in [6, 6.07) is 4.97. The van der Waals surface area contributed by atoms with Gasteiger partial charge in [0.25, 0.3) is 0 Å². The van der Waals surface area contributed by atoms with E-state index in [2.05, 4.69) is 37.8 Å². The lowest BCUT2D eigenvalue weighted by molar-refractivity contribution is 0.485. The smallest absolute Gasteiger partial charge is 0.0605 e. The molecule has 1 aliphatic heterocycles. The topological polar surface area (TPSA) is 29.3 Å². The zero-order chi connectivity index (χ0) is 11.7. The molecule has 0 saturated carbocycles. The maximum atomic E-state index is 6.14. The Morgan fingerprint density at radius 1 is 1.19 bits per heavy atom. The van der Waals surface area contributed by atoms with Crippen molar-refractivity contribution in [2.45, 2.75) is 46.1 Å². The molecule has 0 spiro atoms. The van der Waals surface area contributed by atoms with Crippen molar-refractivity contribution in [1.82, 2.24) is 0 Å². The Kier molecular flexibility index (Phi) is 3.08. The molecule has 0 aromatic heterocycles. The number of nitrogens with zero attached hydrogens (tertiary/aromatic N) is 1. The number of hydrogen-bond acceptors (Lipinski definition) is 2. The van der Waals surface area contributed by atoms with Gasteiger partial charge >= 0.3 is 0 Å². The number of anilines is 2. The minimum absolute atomic E-state index is 0.623. The number of hydrogen-bond donors (Lipinski definition) is 1. The summed E-state index contributed by atoms with van der Waals surface area (Å²) in [5.41, 5.74) is 10.9. The lowest BCUT2D eigenvalue weighted by Gasteiger charge is -2.36. The molecular formula is C14H22N2. The van der Waals surface area contributed by atoms with E-state index in [1.165, 1.54) is 36.1 Å². The maximum Gasteiger partial charge on any atom is 0.0605 e. The highest BCUT2D eigenvalue weighted by molar-refractivity contribution is 5.70. The summed E-state index contributed by atoms with van der Waals surface area (Å²) in [6.07, 6.45) is 3.92. The summed E-state index contributed by atoms with van der Waals surface area (Å²) in [6.45, 7) is 7.73. The van der Waals surface area contributed by atoms with Crippen molar-refractivity contribution >= 4 is 11.4 Å². The van der Waals surface area contributed by atoms with E-state index in [0.717, 1.165) is 12.2 Å². The van der Waals surface area contributed by atoms with Gasteiger partial charge in [0.05, 0.1) is 11.4 Å². The van der Waals surface area contributed by atoms with Gasteiger partial charge in [0.15, 0.2) is 0 Å². The Balaban J connectivity index is 2.35. The van der Waals surface area contributed by atoms with Crippen molar-refractivity contribution in [3.63, 3.8) is 0 Å². The normalized spacial score (nSPS) is 21.2. The van der Waals surface area contributed by atoms with Crippen LogP contribution in [-0.2, 0) is 0 Å². The second-order valence-electron chi connectivity index (χ2n) is 5.03. The fourth-order valence-corrected chi connectivity index (χ4v) is 2.53. The van der Waals surface area contributed by atoms with Crippen LogP contribution in [0.3, 0.4) is 0 Å². The first-order valence-electron chi connectivity index (χ1n) is 6.23. The zero-order valence-electron chi connectivity index (χ0n) is 10.6. The van der Waals surface area contributed by atoms with Gasteiger partial charge in [-0.15, -0.1) is 0 Å². The summed E-state index contributed by atoms with van der Waals surface area (Å²) in [5.74, 6) is 0. The molecule has 1 fully saturated rings. The molecule has 1 aliphatic rings. The summed E-state index contributed by atoms with van der Waals surface area (Å²) in [5, 5.41) is 0. The van der Waals surface area contributed by atoms with Crippen LogP contribution in [0.4, 0.5) is 11.4 Å². The first kappa shape index (κ1) is 11.3. The van der Waals surface area contributed by atoms with Gasteiger partial charge in [0.1, 0.15) is 0 Å². The van der Waals surface area contributed by atoms with E-state index in [1.807, 2.05) is 0 Å². The van der Waals surface area contributed by atoms with E-state index in [9.17, 15) is 0 Å². The SMILES string of the molecule is Cc1cc(N)c(N2CCCC[C@H]2C)cc1C. The van der Waals surface area contributed by atoms with Gasteiger partial charge in [-0.05, 0) is 63.3 Å². The minimum atomic E-state index is 0.623. The maximum absolute atomic E-state index is 6.14. The van der Waals surface area contributed by atoms with Gasteiger partial charge in [-0.2, -0.15) is 0 Å². The molecule has 2 heteroatoms. The monoisotopic (exact) mass is 218 g/mol. The van der Waals surface area contributed by atoms with Crippen molar-refractivity contribution in [3.05, 3.63) is 23.3 Å². The minimum Gasteiger partial charge on any atom is -0.397 e. The van der Waals surface area contributed by atoms with E-state index in [1.54, 1.807) is 0 Å². The van der Waals surface area contributed by atoms with Crippen molar-refractivity contribution in [1.29, 1.82) is 0 Å². The predicted molar refractivity (Wildman–Crippen MR) is 71.0 cm³/mol. The molecule has 0 aliphatic carbocycles. The van der Waals surface area contributed by atoms with Crippen LogP contribution < -0.4 is 10.6 Å². The number of piperidine rings is 1. The standard InChI is InChI=1S/C14H22N2/c1-10-8-13(15)14(9-11(10)2)16-7-5-4-6-12(16)3/h8-9,12H,4-7,15H2,1-3H3/t12-/m1/s1.